The van der Waals surface area contributed by atoms with Crippen molar-refractivity contribution in [2.24, 2.45) is 5.92 Å². The molecule has 0 spiro atoms. The van der Waals surface area contributed by atoms with E-state index in [1.54, 1.807) is 43.4 Å². The minimum absolute atomic E-state index is 0.145. The molecular formula is C32H36N2O8. The Bertz CT molecular complexity index is 1380. The quantitative estimate of drug-likeness (QED) is 0.330. The van der Waals surface area contributed by atoms with E-state index in [-0.39, 0.29) is 12.7 Å². The third-order valence-corrected chi connectivity index (χ3v) is 7.84. The molecule has 1 amide bonds. The fourth-order valence-electron chi connectivity index (χ4n) is 5.76. The number of amides is 1. The zero-order chi connectivity index (χ0) is 29.6. The van der Waals surface area contributed by atoms with Gasteiger partial charge in [-0.2, -0.15) is 0 Å². The van der Waals surface area contributed by atoms with Crippen LogP contribution >= 0.6 is 0 Å². The monoisotopic (exact) mass is 576 g/mol. The lowest BCUT2D eigenvalue weighted by Gasteiger charge is -2.30. The number of likely N-dealkylation sites (tertiary alicyclic amines) is 1. The summed E-state index contributed by atoms with van der Waals surface area (Å²) in [7, 11) is 3.17. The summed E-state index contributed by atoms with van der Waals surface area (Å²) < 4.78 is 27.2. The third kappa shape index (κ3) is 6.23. The Morgan fingerprint density at radius 1 is 0.881 bits per heavy atom. The van der Waals surface area contributed by atoms with Crippen molar-refractivity contribution in [3.63, 3.8) is 0 Å². The van der Waals surface area contributed by atoms with E-state index in [0.29, 0.717) is 54.9 Å². The highest BCUT2D eigenvalue weighted by Crippen LogP contribution is 2.47. The standard InChI is InChI=1S/C32H36N2O8/c1-4-15-33(32(37)42-25-12-10-24(39-3)11-13-25)16-17-34-19-26(22-7-14-27-28(18-22)41-20-40-27)29(31(35)36)30(34)21-5-8-23(38-2)9-6-21/h5-14,18,26,29-30H,4,15-17,19-20H2,1-3H3,(H,35,36)/t26?,29-,30+/m0/s1. The Hall–Kier alpha value is -4.44. The minimum Gasteiger partial charge on any atom is -0.497 e. The van der Waals surface area contributed by atoms with Crippen molar-refractivity contribution >= 4 is 12.1 Å². The van der Waals surface area contributed by atoms with E-state index in [2.05, 4.69) is 4.90 Å². The number of fused-ring (bicyclic) bond motifs is 1. The molecule has 3 aromatic rings. The Morgan fingerprint density at radius 3 is 2.14 bits per heavy atom. The number of carbonyl (C=O) groups excluding carboxylic acids is 1. The molecular weight excluding hydrogens is 540 g/mol. The number of rotatable bonds is 11. The van der Waals surface area contributed by atoms with Crippen LogP contribution in [0.4, 0.5) is 4.79 Å². The maximum absolute atomic E-state index is 13.2. The Morgan fingerprint density at radius 2 is 1.50 bits per heavy atom. The zero-order valence-corrected chi connectivity index (χ0v) is 24.0. The van der Waals surface area contributed by atoms with Crippen LogP contribution in [0.15, 0.2) is 66.7 Å². The summed E-state index contributed by atoms with van der Waals surface area (Å²) in [5.74, 6) is 1.13. The molecule has 2 aliphatic rings. The summed E-state index contributed by atoms with van der Waals surface area (Å²) >= 11 is 0. The maximum atomic E-state index is 13.2. The van der Waals surface area contributed by atoms with Crippen molar-refractivity contribution in [2.45, 2.75) is 25.3 Å². The summed E-state index contributed by atoms with van der Waals surface area (Å²) in [4.78, 5) is 29.9. The van der Waals surface area contributed by atoms with Gasteiger partial charge in [-0.15, -0.1) is 0 Å². The van der Waals surface area contributed by atoms with Crippen LogP contribution in [0.5, 0.6) is 28.7 Å². The number of hydrogen-bond donors (Lipinski definition) is 1. The van der Waals surface area contributed by atoms with Crippen LogP contribution in [0.25, 0.3) is 0 Å². The molecule has 0 aromatic heterocycles. The first-order chi connectivity index (χ1) is 20.4. The molecule has 222 valence electrons. The van der Waals surface area contributed by atoms with Gasteiger partial charge in [0.25, 0.3) is 0 Å². The third-order valence-electron chi connectivity index (χ3n) is 7.84. The second-order valence-corrected chi connectivity index (χ2v) is 10.3. The molecule has 42 heavy (non-hydrogen) atoms. The predicted octanol–water partition coefficient (Wildman–Crippen LogP) is 5.18. The van der Waals surface area contributed by atoms with Gasteiger partial charge < -0.3 is 33.7 Å². The smallest absolute Gasteiger partial charge is 0.415 e. The van der Waals surface area contributed by atoms with E-state index in [4.69, 9.17) is 23.7 Å². The maximum Gasteiger partial charge on any atom is 0.415 e. The largest absolute Gasteiger partial charge is 0.497 e. The van der Waals surface area contributed by atoms with Crippen molar-refractivity contribution in [3.05, 3.63) is 77.9 Å². The molecule has 0 bridgehead atoms. The van der Waals surface area contributed by atoms with E-state index in [9.17, 15) is 14.7 Å². The van der Waals surface area contributed by atoms with E-state index < -0.39 is 24.0 Å². The summed E-state index contributed by atoms with van der Waals surface area (Å²) in [5.41, 5.74) is 1.74. The second-order valence-electron chi connectivity index (χ2n) is 10.3. The van der Waals surface area contributed by atoms with Crippen LogP contribution in [0.1, 0.15) is 36.4 Å². The molecule has 10 nitrogen and oxygen atoms in total. The van der Waals surface area contributed by atoms with Crippen molar-refractivity contribution in [3.8, 4) is 28.7 Å². The molecule has 0 saturated carbocycles. The van der Waals surface area contributed by atoms with Gasteiger partial charge in [-0.25, -0.2) is 4.79 Å². The summed E-state index contributed by atoms with van der Waals surface area (Å²) in [6.45, 7) is 3.96. The minimum atomic E-state index is -0.884. The van der Waals surface area contributed by atoms with Crippen LogP contribution in [0.2, 0.25) is 0 Å². The first kappa shape index (κ1) is 29.1. The number of hydrogen-bond acceptors (Lipinski definition) is 8. The lowest BCUT2D eigenvalue weighted by molar-refractivity contribution is -0.143. The molecule has 1 fully saturated rings. The van der Waals surface area contributed by atoms with Crippen LogP contribution in [-0.4, -0.2) is 74.2 Å². The van der Waals surface area contributed by atoms with Gasteiger partial charge in [0.2, 0.25) is 6.79 Å². The Labute approximate surface area is 245 Å². The van der Waals surface area contributed by atoms with Crippen molar-refractivity contribution in [1.29, 1.82) is 0 Å². The summed E-state index contributed by atoms with van der Waals surface area (Å²) in [5, 5.41) is 10.5. The number of methoxy groups -OCH3 is 2. The molecule has 1 N–H and O–H groups in total. The highest BCUT2D eigenvalue weighted by molar-refractivity contribution is 5.74. The first-order valence-electron chi connectivity index (χ1n) is 14.0. The molecule has 10 heteroatoms. The van der Waals surface area contributed by atoms with Crippen LogP contribution in [-0.2, 0) is 4.79 Å². The highest BCUT2D eigenvalue weighted by Gasteiger charge is 2.47. The van der Waals surface area contributed by atoms with E-state index in [1.807, 2.05) is 49.4 Å². The fraction of sp³-hybridized carbons (Fsp3) is 0.375. The lowest BCUT2D eigenvalue weighted by atomic mass is 9.82. The second kappa shape index (κ2) is 13.0. The van der Waals surface area contributed by atoms with Gasteiger partial charge in [0, 0.05) is 38.1 Å². The highest BCUT2D eigenvalue weighted by atomic mass is 16.7. The lowest BCUT2D eigenvalue weighted by Crippen LogP contribution is -2.41. The predicted molar refractivity (Wildman–Crippen MR) is 155 cm³/mol. The number of benzene rings is 3. The fourth-order valence-corrected chi connectivity index (χ4v) is 5.76. The number of carbonyl (C=O) groups is 2. The van der Waals surface area contributed by atoms with E-state index in [1.165, 1.54) is 0 Å². The van der Waals surface area contributed by atoms with Gasteiger partial charge in [-0.05, 0) is 66.1 Å². The number of nitrogens with zero attached hydrogens (tertiary/aromatic N) is 2. The van der Waals surface area contributed by atoms with Crippen molar-refractivity contribution in [2.75, 3.05) is 47.2 Å². The topological polar surface area (TPSA) is 107 Å². The molecule has 0 aliphatic carbocycles. The molecule has 2 heterocycles. The van der Waals surface area contributed by atoms with Gasteiger partial charge in [-0.1, -0.05) is 25.1 Å². The number of carboxylic acid groups (broad SMARTS) is 1. The Balaban J connectivity index is 1.40. The molecule has 3 atom stereocenters. The van der Waals surface area contributed by atoms with Gasteiger partial charge in [0.05, 0.1) is 20.1 Å². The molecule has 2 aliphatic heterocycles. The molecule has 1 unspecified atom stereocenters. The average molecular weight is 577 g/mol. The average Bonchev–Trinajstić information content (AvgIpc) is 3.64. The number of ether oxygens (including phenoxy) is 5. The van der Waals surface area contributed by atoms with E-state index >= 15 is 0 Å². The first-order valence-corrected chi connectivity index (χ1v) is 14.0. The summed E-state index contributed by atoms with van der Waals surface area (Å²) in [6.07, 6.45) is 0.293. The van der Waals surface area contributed by atoms with Crippen LogP contribution < -0.4 is 23.7 Å². The molecule has 3 aromatic carbocycles. The zero-order valence-electron chi connectivity index (χ0n) is 24.0. The van der Waals surface area contributed by atoms with Gasteiger partial charge in [-0.3, -0.25) is 9.69 Å². The van der Waals surface area contributed by atoms with Crippen molar-refractivity contribution < 1.29 is 38.4 Å². The molecule has 1 saturated heterocycles. The van der Waals surface area contributed by atoms with Gasteiger partial charge >= 0.3 is 12.1 Å². The Kier molecular flexibility index (Phi) is 9.02. The van der Waals surface area contributed by atoms with Crippen molar-refractivity contribution in [1.82, 2.24) is 9.80 Å². The summed E-state index contributed by atoms with van der Waals surface area (Å²) in [6, 6.07) is 19.6. The number of aliphatic carboxylic acids is 1. The van der Waals surface area contributed by atoms with Gasteiger partial charge in [0.1, 0.15) is 17.2 Å². The molecule has 0 radical (unpaired) electrons. The molecule has 5 rings (SSSR count). The van der Waals surface area contributed by atoms with Gasteiger partial charge in [0.15, 0.2) is 11.5 Å². The number of carboxylic acids is 1. The SMILES string of the molecule is CCCN(CCN1CC(c2ccc3c(c2)OCO3)[C@H](C(=O)O)[C@H]1c1ccc(OC)cc1)C(=O)Oc1ccc(OC)cc1. The van der Waals surface area contributed by atoms with Crippen LogP contribution in [0.3, 0.4) is 0 Å². The van der Waals surface area contributed by atoms with Crippen LogP contribution in [0, 0.1) is 5.92 Å². The normalized spacial score (nSPS) is 19.4. The van der Waals surface area contributed by atoms with E-state index in [0.717, 1.165) is 17.5 Å².